The maximum Gasteiger partial charge on any atom is 0.340 e. The van der Waals surface area contributed by atoms with E-state index in [0.717, 1.165) is 0 Å². The summed E-state index contributed by atoms with van der Waals surface area (Å²) in [4.78, 5) is 139. The summed E-state index contributed by atoms with van der Waals surface area (Å²) in [7, 11) is 0. The number of cyclic esters (lactones) is 1. The first kappa shape index (κ1) is 62.1. The second kappa shape index (κ2) is 22.8. The molecule has 9 rings (SSSR count). The minimum absolute atomic E-state index is 0.0464. The number of carbonyl (C=O) groups is 10. The number of phenols is 11. The van der Waals surface area contributed by atoms with Crippen molar-refractivity contribution in [3.63, 3.8) is 0 Å². The molecule has 36 nitrogen and oxygen atoms in total. The highest BCUT2D eigenvalue weighted by molar-refractivity contribution is 8.00. The van der Waals surface area contributed by atoms with Gasteiger partial charge in [0.1, 0.15) is 31.3 Å². The molecule has 4 aromatic rings. The second-order valence-corrected chi connectivity index (χ2v) is 21.1. The van der Waals surface area contributed by atoms with Gasteiger partial charge in [0.25, 0.3) is 0 Å². The van der Waals surface area contributed by atoms with Gasteiger partial charge in [-0.1, -0.05) is 0 Å². The molecule has 4 aromatic carbocycles. The highest BCUT2D eigenvalue weighted by Crippen LogP contribution is 2.61. The Labute approximate surface area is 490 Å². The summed E-state index contributed by atoms with van der Waals surface area (Å²) in [6.45, 7) is -2.61. The molecule has 1 saturated carbocycles. The number of nitrogens with two attached hydrogens (primary N) is 1. The van der Waals surface area contributed by atoms with E-state index < -0.39 is 271 Å². The number of ether oxygens (including phenoxy) is 7. The Balaban J connectivity index is 1.26. The van der Waals surface area contributed by atoms with E-state index in [0.29, 0.717) is 30.3 Å². The van der Waals surface area contributed by atoms with Gasteiger partial charge < -0.3 is 131 Å². The smallest absolute Gasteiger partial charge is 0.340 e. The van der Waals surface area contributed by atoms with Crippen LogP contribution in [-0.4, -0.2) is 220 Å². The molecule has 2 fully saturated rings. The first-order valence-electron chi connectivity index (χ1n) is 25.1. The van der Waals surface area contributed by atoms with Gasteiger partial charge in [0, 0.05) is 28.9 Å². The molecule has 37 heteroatoms. The average molecular weight is 1260 g/mol. The minimum atomic E-state index is -4.26. The number of rotatable bonds is 13. The van der Waals surface area contributed by atoms with Crippen LogP contribution in [0.5, 0.6) is 69.0 Å². The lowest BCUT2D eigenvalue weighted by molar-refractivity contribution is -0.354. The van der Waals surface area contributed by atoms with E-state index in [2.05, 4.69) is 5.32 Å². The predicted octanol–water partition coefficient (Wildman–Crippen LogP) is -3.43. The Morgan fingerprint density at radius 2 is 1.23 bits per heavy atom. The van der Waals surface area contributed by atoms with Crippen molar-refractivity contribution in [1.29, 1.82) is 0 Å². The third-order valence-corrected chi connectivity index (χ3v) is 15.9. The van der Waals surface area contributed by atoms with Crippen molar-refractivity contribution in [2.75, 3.05) is 18.9 Å². The molecule has 0 spiro atoms. The molecule has 88 heavy (non-hydrogen) atoms. The summed E-state index contributed by atoms with van der Waals surface area (Å²) in [5, 5.41) is 175. The maximum atomic E-state index is 15.6. The minimum Gasteiger partial charge on any atom is -0.504 e. The van der Waals surface area contributed by atoms with E-state index in [4.69, 9.17) is 38.9 Å². The summed E-state index contributed by atoms with van der Waals surface area (Å²) in [5.74, 6) is -48.9. The van der Waals surface area contributed by atoms with Gasteiger partial charge >= 0.3 is 47.6 Å². The summed E-state index contributed by atoms with van der Waals surface area (Å²) in [6.07, 6.45) is -14.7. The summed E-state index contributed by atoms with van der Waals surface area (Å²) >= 11 is 0.0464. The average Bonchev–Trinajstić information content (AvgIpc) is 0.815. The fraction of sp³-hybridized carbons (Fsp3) is 0.333. The number of thioether (sulfide) groups is 1. The number of Topliss-reactive ketones (excluding diaryl/α,β-unsaturated/α-hetero) is 1. The zero-order valence-electron chi connectivity index (χ0n) is 43.8. The Hall–Kier alpha value is -10.5. The standard InChI is InChI=1S/C51H45N3O33S/c52-15(43(71)72)1-2-23(60)54-16(42(70)53-8-24(61)62)10-88-40-28-29-27-14(7-21(59)33(66)37(27)87-51(80,41(40)69)50(29,78)79)47(76)85-39-38-36(83-48(28)77)22(82-49(39)86-44(73)11-3-17(55)30(63)18(56)4-11)9-81-45(74)12-5-19(57)31(64)34(67)25(12)26-13(46(75)84-38)6-20(58)32(65)35(26)68/h3-7,15-16,22,28-29,36,38-40,49,55-59,63-68,78-80H,1-2,8-10,52H2,(H,53,70)(H,54,60)(H,61,62)(H,71,72)/t15-,16?,22+,28+,29+,36+,38+,39+,40-,49-,51-/m0/s1. The largest absolute Gasteiger partial charge is 0.504 e. The molecule has 5 aliphatic rings. The van der Waals surface area contributed by atoms with Crippen molar-refractivity contribution in [3.8, 4) is 80.1 Å². The number of aromatic hydroxyl groups is 11. The van der Waals surface area contributed by atoms with Crippen LogP contribution in [0.1, 0.15) is 65.8 Å². The molecule has 4 aliphatic heterocycles. The third-order valence-electron chi connectivity index (χ3n) is 14.5. The summed E-state index contributed by atoms with van der Waals surface area (Å²) in [5.41, 5.74) is -2.63. The number of fused-ring (bicyclic) bond motifs is 4. The van der Waals surface area contributed by atoms with Crippen LogP contribution in [-0.2, 0) is 57.2 Å². The van der Waals surface area contributed by atoms with Crippen molar-refractivity contribution in [2.24, 2.45) is 11.7 Å². The van der Waals surface area contributed by atoms with E-state index in [1.807, 2.05) is 5.32 Å². The molecule has 4 heterocycles. The topological polar surface area (TPSA) is 609 Å². The van der Waals surface area contributed by atoms with Crippen molar-refractivity contribution < 1.29 is 163 Å². The number of aliphatic hydroxyl groups is 3. The van der Waals surface area contributed by atoms with Crippen LogP contribution >= 0.6 is 11.8 Å². The van der Waals surface area contributed by atoms with Crippen molar-refractivity contribution in [1.82, 2.24) is 10.6 Å². The Bertz CT molecular complexity index is 3700. The summed E-state index contributed by atoms with van der Waals surface area (Å²) < 4.78 is 39.9. The zero-order valence-corrected chi connectivity index (χ0v) is 44.6. The van der Waals surface area contributed by atoms with Crippen LogP contribution in [0.25, 0.3) is 11.1 Å². The number of carbonyl (C=O) groups excluding carboxylic acids is 8. The second-order valence-electron chi connectivity index (χ2n) is 19.9. The van der Waals surface area contributed by atoms with Crippen LogP contribution < -0.4 is 21.1 Å². The van der Waals surface area contributed by atoms with Gasteiger partial charge in [-0.2, -0.15) is 0 Å². The third kappa shape index (κ3) is 10.5. The fourth-order valence-electron chi connectivity index (χ4n) is 10.2. The number of aliphatic carboxylic acids is 2. The number of nitrogens with one attached hydrogen (secondary N) is 2. The lowest BCUT2D eigenvalue weighted by Crippen LogP contribution is -2.76. The van der Waals surface area contributed by atoms with Crippen LogP contribution in [0.3, 0.4) is 0 Å². The number of hydrogen-bond donors (Lipinski definition) is 19. The molecule has 11 atom stereocenters. The van der Waals surface area contributed by atoms with E-state index in [-0.39, 0.29) is 11.8 Å². The van der Waals surface area contributed by atoms with Gasteiger partial charge in [0.05, 0.1) is 39.3 Å². The molecule has 468 valence electrons. The van der Waals surface area contributed by atoms with Gasteiger partial charge in [-0.15, -0.1) is 11.8 Å². The van der Waals surface area contributed by atoms with Crippen LogP contribution in [0.15, 0.2) is 30.3 Å². The molecule has 1 aliphatic carbocycles. The Morgan fingerprint density at radius 1 is 0.682 bits per heavy atom. The highest BCUT2D eigenvalue weighted by Gasteiger charge is 2.75. The molecule has 20 N–H and O–H groups in total. The van der Waals surface area contributed by atoms with Crippen molar-refractivity contribution >= 4 is 71.1 Å². The zero-order chi connectivity index (χ0) is 64.7. The highest BCUT2D eigenvalue weighted by atomic mass is 32.2. The molecule has 0 aromatic heterocycles. The van der Waals surface area contributed by atoms with Crippen LogP contribution in [0.4, 0.5) is 0 Å². The maximum absolute atomic E-state index is 15.6. The van der Waals surface area contributed by atoms with Gasteiger partial charge in [0.2, 0.25) is 53.0 Å². The first-order valence-corrected chi connectivity index (χ1v) is 26.1. The molecule has 0 radical (unpaired) electrons. The number of carboxylic acid groups (broad SMARTS) is 2. The number of hydrogen-bond acceptors (Lipinski definition) is 33. The van der Waals surface area contributed by atoms with Gasteiger partial charge in [-0.05, 0) is 36.8 Å². The van der Waals surface area contributed by atoms with E-state index >= 15 is 14.4 Å². The van der Waals surface area contributed by atoms with Crippen molar-refractivity contribution in [3.05, 3.63) is 58.1 Å². The van der Waals surface area contributed by atoms with E-state index in [9.17, 15) is 115 Å². The van der Waals surface area contributed by atoms with Gasteiger partial charge in [-0.3, -0.25) is 28.8 Å². The monoisotopic (exact) mass is 1260 g/mol. The summed E-state index contributed by atoms with van der Waals surface area (Å²) in [6, 6.07) is -1.71. The molecular weight excluding hydrogens is 1210 g/mol. The molecule has 2 amide bonds. The predicted molar refractivity (Wildman–Crippen MR) is 273 cm³/mol. The molecule has 6 bridgehead atoms. The number of amides is 2. The van der Waals surface area contributed by atoms with Gasteiger partial charge in [0.15, 0.2) is 64.0 Å². The van der Waals surface area contributed by atoms with E-state index in [1.54, 1.807) is 0 Å². The first-order chi connectivity index (χ1) is 41.2. The lowest BCUT2D eigenvalue weighted by Gasteiger charge is -2.54. The molecule has 1 saturated heterocycles. The van der Waals surface area contributed by atoms with E-state index in [1.165, 1.54) is 0 Å². The van der Waals surface area contributed by atoms with Crippen LogP contribution in [0, 0.1) is 5.92 Å². The Morgan fingerprint density at radius 3 is 1.82 bits per heavy atom. The normalized spacial score (nSPS) is 24.8. The number of phenolic OH excluding ortho intramolecular Hbond substituents is 11. The number of benzene rings is 4. The molecular formula is C51H45N3O33S. The molecule has 1 unspecified atom stereocenters. The quantitative estimate of drug-likeness (QED) is 0.0268. The lowest BCUT2D eigenvalue weighted by atomic mass is 9.64. The Kier molecular flexibility index (Phi) is 16.0. The van der Waals surface area contributed by atoms with Crippen molar-refractivity contribution in [2.45, 2.75) is 78.4 Å². The SMILES string of the molecule is N[C@@H](CCC(=O)NC(CS[C@@H]1C(=O)[C@]2(O)Oc3c(O)c(O)cc4c3[C@H]([C@H]1C(=O)O[C@H]1[C@H]3OC(=O)c5cc(O)c(O)c(O)c5-c5c(cc(O)c(O)c5O)C(=O)OC[C@H]1O[C@@H](OC(=O)c1cc(O)c(O)c(O)c1)[C@@H]3OC4=O)C2(O)O)C(=O)NCC(=O)O)C(=O)O. The van der Waals surface area contributed by atoms with Crippen LogP contribution in [0.2, 0.25) is 0 Å². The fourth-order valence-corrected chi connectivity index (χ4v) is 11.6. The number of ketones is 1. The van der Waals surface area contributed by atoms with Gasteiger partial charge in [-0.25, -0.2) is 19.2 Å². The number of carboxylic acids is 2. The number of esters is 5.